The lowest BCUT2D eigenvalue weighted by Gasteiger charge is -2.21. The van der Waals surface area contributed by atoms with Crippen LogP contribution in [0.1, 0.15) is 19.8 Å². The fourth-order valence-corrected chi connectivity index (χ4v) is 2.94. The third-order valence-corrected chi connectivity index (χ3v) is 4.28. The largest absolute Gasteiger partial charge is 0.494 e. The second-order valence-electron chi connectivity index (χ2n) is 6.42. The van der Waals surface area contributed by atoms with Gasteiger partial charge in [0, 0.05) is 45.6 Å². The van der Waals surface area contributed by atoms with Gasteiger partial charge in [-0.15, -0.1) is 0 Å². The van der Waals surface area contributed by atoms with Gasteiger partial charge in [0.15, 0.2) is 5.96 Å². The van der Waals surface area contributed by atoms with Crippen LogP contribution in [0.15, 0.2) is 35.3 Å². The van der Waals surface area contributed by atoms with Crippen molar-refractivity contribution in [1.82, 2.24) is 10.2 Å². The quantitative estimate of drug-likeness (QED) is 0.372. The number of ether oxygens (including phenoxy) is 3. The van der Waals surface area contributed by atoms with E-state index in [0.717, 1.165) is 57.3 Å². The van der Waals surface area contributed by atoms with E-state index in [1.807, 2.05) is 30.3 Å². The van der Waals surface area contributed by atoms with Gasteiger partial charge in [-0.2, -0.15) is 0 Å². The number of para-hydroxylation sites is 1. The molecule has 6 nitrogen and oxygen atoms in total. The van der Waals surface area contributed by atoms with Gasteiger partial charge >= 0.3 is 0 Å². The molecule has 1 heterocycles. The number of rotatable bonds is 11. The Morgan fingerprint density at radius 1 is 1.23 bits per heavy atom. The van der Waals surface area contributed by atoms with E-state index in [0.29, 0.717) is 25.7 Å². The summed E-state index contributed by atoms with van der Waals surface area (Å²) in [7, 11) is 1.70. The number of aliphatic imine (C=N–C) groups is 1. The molecule has 1 N–H and O–H groups in total. The summed E-state index contributed by atoms with van der Waals surface area (Å²) in [6, 6.07) is 9.92. The van der Waals surface area contributed by atoms with Gasteiger partial charge in [0.1, 0.15) is 5.75 Å². The van der Waals surface area contributed by atoms with Crippen molar-refractivity contribution in [3.05, 3.63) is 30.3 Å². The number of nitrogens with one attached hydrogen (secondary N) is 1. The molecule has 1 aromatic carbocycles. The molecule has 1 aromatic rings. The van der Waals surface area contributed by atoms with Gasteiger partial charge in [-0.05, 0) is 25.5 Å². The first kappa shape index (κ1) is 20.5. The SMILES string of the molecule is CCNC(=NCCCOc1ccccc1)N1CCC(COCCOC)C1. The van der Waals surface area contributed by atoms with Crippen molar-refractivity contribution in [2.75, 3.05) is 59.7 Å². The third-order valence-electron chi connectivity index (χ3n) is 4.28. The van der Waals surface area contributed by atoms with E-state index in [9.17, 15) is 0 Å². The Bertz CT molecular complexity index is 510. The Hall–Kier alpha value is -1.79. The maximum Gasteiger partial charge on any atom is 0.193 e. The molecule has 1 aliphatic rings. The van der Waals surface area contributed by atoms with Crippen molar-refractivity contribution in [1.29, 1.82) is 0 Å². The summed E-state index contributed by atoms with van der Waals surface area (Å²) in [4.78, 5) is 7.10. The Balaban J connectivity index is 1.69. The fraction of sp³-hybridized carbons (Fsp3) is 0.650. The smallest absolute Gasteiger partial charge is 0.193 e. The minimum absolute atomic E-state index is 0.567. The number of hydrogen-bond donors (Lipinski definition) is 1. The first-order valence-electron chi connectivity index (χ1n) is 9.61. The van der Waals surface area contributed by atoms with Crippen LogP contribution in [0.5, 0.6) is 5.75 Å². The van der Waals surface area contributed by atoms with Gasteiger partial charge in [-0.1, -0.05) is 18.2 Å². The second-order valence-corrected chi connectivity index (χ2v) is 6.42. The van der Waals surface area contributed by atoms with Crippen LogP contribution >= 0.6 is 0 Å². The lowest BCUT2D eigenvalue weighted by Crippen LogP contribution is -2.40. The zero-order valence-corrected chi connectivity index (χ0v) is 16.2. The highest BCUT2D eigenvalue weighted by Crippen LogP contribution is 2.16. The van der Waals surface area contributed by atoms with Crippen LogP contribution in [-0.2, 0) is 9.47 Å². The third kappa shape index (κ3) is 7.62. The van der Waals surface area contributed by atoms with Crippen LogP contribution in [0.4, 0.5) is 0 Å². The molecule has 146 valence electrons. The Kier molecular flexibility index (Phi) is 9.90. The maximum absolute atomic E-state index is 5.72. The van der Waals surface area contributed by atoms with Crippen LogP contribution in [0, 0.1) is 5.92 Å². The van der Waals surface area contributed by atoms with Crippen molar-refractivity contribution in [3.8, 4) is 5.75 Å². The van der Waals surface area contributed by atoms with Gasteiger partial charge in [0.2, 0.25) is 0 Å². The zero-order valence-electron chi connectivity index (χ0n) is 16.2. The summed E-state index contributed by atoms with van der Waals surface area (Å²) in [6.45, 7) is 8.59. The Morgan fingerprint density at radius 3 is 2.85 bits per heavy atom. The second kappa shape index (κ2) is 12.5. The lowest BCUT2D eigenvalue weighted by atomic mass is 10.1. The highest BCUT2D eigenvalue weighted by molar-refractivity contribution is 5.80. The summed E-state index contributed by atoms with van der Waals surface area (Å²) in [6.07, 6.45) is 2.05. The molecule has 0 aliphatic carbocycles. The minimum atomic E-state index is 0.567. The molecule has 0 amide bonds. The van der Waals surface area contributed by atoms with Gasteiger partial charge in [0.05, 0.1) is 26.4 Å². The van der Waals surface area contributed by atoms with Gasteiger partial charge in [-0.3, -0.25) is 4.99 Å². The summed E-state index contributed by atoms with van der Waals surface area (Å²) < 4.78 is 16.4. The molecule has 26 heavy (non-hydrogen) atoms. The molecular weight excluding hydrogens is 330 g/mol. The van der Waals surface area contributed by atoms with E-state index in [2.05, 4.69) is 17.1 Å². The van der Waals surface area contributed by atoms with E-state index in [1.54, 1.807) is 7.11 Å². The Morgan fingerprint density at radius 2 is 2.08 bits per heavy atom. The average molecular weight is 364 g/mol. The molecule has 0 radical (unpaired) electrons. The summed E-state index contributed by atoms with van der Waals surface area (Å²) in [5.74, 6) is 2.49. The number of methoxy groups -OCH3 is 1. The van der Waals surface area contributed by atoms with Crippen LogP contribution < -0.4 is 10.1 Å². The predicted molar refractivity (Wildman–Crippen MR) is 105 cm³/mol. The molecule has 1 aliphatic heterocycles. The number of likely N-dealkylation sites (tertiary alicyclic amines) is 1. The van der Waals surface area contributed by atoms with Crippen LogP contribution in [0.2, 0.25) is 0 Å². The van der Waals surface area contributed by atoms with E-state index >= 15 is 0 Å². The molecule has 6 heteroatoms. The summed E-state index contributed by atoms with van der Waals surface area (Å²) >= 11 is 0. The van der Waals surface area contributed by atoms with Crippen LogP contribution in [0.25, 0.3) is 0 Å². The molecule has 1 unspecified atom stereocenters. The molecule has 0 aromatic heterocycles. The van der Waals surface area contributed by atoms with Crippen LogP contribution in [0.3, 0.4) is 0 Å². The van der Waals surface area contributed by atoms with E-state index < -0.39 is 0 Å². The average Bonchev–Trinajstić information content (AvgIpc) is 3.14. The lowest BCUT2D eigenvalue weighted by molar-refractivity contribution is 0.0536. The molecular formula is C20H33N3O3. The first-order chi connectivity index (χ1) is 12.8. The fourth-order valence-electron chi connectivity index (χ4n) is 2.94. The van der Waals surface area contributed by atoms with E-state index in [4.69, 9.17) is 19.2 Å². The van der Waals surface area contributed by atoms with Crippen molar-refractivity contribution >= 4 is 5.96 Å². The van der Waals surface area contributed by atoms with E-state index in [1.165, 1.54) is 0 Å². The zero-order chi connectivity index (χ0) is 18.5. The molecule has 0 bridgehead atoms. The molecule has 0 saturated carbocycles. The van der Waals surface area contributed by atoms with Crippen LogP contribution in [-0.4, -0.2) is 70.6 Å². The summed E-state index contributed by atoms with van der Waals surface area (Å²) in [5.41, 5.74) is 0. The van der Waals surface area contributed by atoms with Gasteiger partial charge in [-0.25, -0.2) is 0 Å². The number of benzene rings is 1. The predicted octanol–water partition coefficient (Wildman–Crippen LogP) is 2.41. The molecule has 1 fully saturated rings. The van der Waals surface area contributed by atoms with Gasteiger partial charge < -0.3 is 24.4 Å². The highest BCUT2D eigenvalue weighted by Gasteiger charge is 2.24. The van der Waals surface area contributed by atoms with Crippen molar-refractivity contribution in [3.63, 3.8) is 0 Å². The Labute approximate surface area is 157 Å². The number of nitrogens with zero attached hydrogens (tertiary/aromatic N) is 2. The molecule has 2 rings (SSSR count). The van der Waals surface area contributed by atoms with Crippen molar-refractivity contribution in [2.24, 2.45) is 10.9 Å². The van der Waals surface area contributed by atoms with Crippen molar-refractivity contribution < 1.29 is 14.2 Å². The number of guanidine groups is 1. The standard InChI is InChI=1S/C20H33N3O3/c1-3-21-20(22-11-7-13-26-19-8-5-4-6-9-19)23-12-10-18(16-23)17-25-15-14-24-2/h4-6,8-9,18H,3,7,10-17H2,1-2H3,(H,21,22). The van der Waals surface area contributed by atoms with E-state index in [-0.39, 0.29) is 0 Å². The highest BCUT2D eigenvalue weighted by atomic mass is 16.5. The van der Waals surface area contributed by atoms with Crippen molar-refractivity contribution in [2.45, 2.75) is 19.8 Å². The number of hydrogen-bond acceptors (Lipinski definition) is 4. The normalized spacial score (nSPS) is 17.5. The minimum Gasteiger partial charge on any atom is -0.494 e. The van der Waals surface area contributed by atoms with Gasteiger partial charge in [0.25, 0.3) is 0 Å². The molecule has 1 saturated heterocycles. The topological polar surface area (TPSA) is 55.3 Å². The maximum atomic E-state index is 5.72. The molecule has 0 spiro atoms. The summed E-state index contributed by atoms with van der Waals surface area (Å²) in [5, 5.41) is 3.40. The molecule has 1 atom stereocenters. The first-order valence-corrected chi connectivity index (χ1v) is 9.61. The monoisotopic (exact) mass is 363 g/mol.